The molecule has 1 atom stereocenters. The third kappa shape index (κ3) is 2.75. The lowest BCUT2D eigenvalue weighted by atomic mass is 10.1. The molecule has 1 amide bonds. The number of hydrogen-bond acceptors (Lipinski definition) is 4. The maximum absolute atomic E-state index is 13.6. The number of thiazole rings is 1. The lowest BCUT2D eigenvalue weighted by molar-refractivity contribution is 0.0939. The van der Waals surface area contributed by atoms with E-state index in [4.69, 9.17) is 0 Å². The van der Waals surface area contributed by atoms with Gasteiger partial charge >= 0.3 is 0 Å². The first-order valence-corrected chi connectivity index (χ1v) is 7.26. The van der Waals surface area contributed by atoms with Crippen molar-refractivity contribution in [2.75, 3.05) is 0 Å². The van der Waals surface area contributed by atoms with Gasteiger partial charge in [-0.05, 0) is 31.2 Å². The van der Waals surface area contributed by atoms with Crippen LogP contribution < -0.4 is 5.32 Å². The molecule has 0 bridgehead atoms. The van der Waals surface area contributed by atoms with Crippen molar-refractivity contribution >= 4 is 27.5 Å². The molecule has 6 heteroatoms. The summed E-state index contributed by atoms with van der Waals surface area (Å²) in [5.41, 5.74) is 3.55. The molecule has 21 heavy (non-hydrogen) atoms. The van der Waals surface area contributed by atoms with E-state index in [1.807, 2.05) is 0 Å². The highest BCUT2D eigenvalue weighted by molar-refractivity contribution is 7.16. The van der Waals surface area contributed by atoms with Crippen molar-refractivity contribution in [3.05, 3.63) is 59.1 Å². The van der Waals surface area contributed by atoms with E-state index in [9.17, 15) is 9.18 Å². The number of benzene rings is 1. The maximum Gasteiger partial charge on any atom is 0.251 e. The average Bonchev–Trinajstić information content (AvgIpc) is 2.94. The number of nitrogens with one attached hydrogen (secondary N) is 1. The fourth-order valence-electron chi connectivity index (χ4n) is 2.09. The first kappa shape index (κ1) is 13.6. The highest BCUT2D eigenvalue weighted by atomic mass is 32.1. The van der Waals surface area contributed by atoms with Crippen LogP contribution in [0.25, 0.3) is 10.2 Å². The topological polar surface area (TPSA) is 54.9 Å². The number of rotatable bonds is 3. The first-order valence-electron chi connectivity index (χ1n) is 6.38. The van der Waals surface area contributed by atoms with E-state index in [0.29, 0.717) is 11.1 Å². The van der Waals surface area contributed by atoms with Gasteiger partial charge in [0.25, 0.3) is 5.91 Å². The molecule has 2 heterocycles. The van der Waals surface area contributed by atoms with Gasteiger partial charge in [0.1, 0.15) is 5.82 Å². The predicted molar refractivity (Wildman–Crippen MR) is 79.7 cm³/mol. The van der Waals surface area contributed by atoms with Crippen molar-refractivity contribution in [2.45, 2.75) is 13.0 Å². The molecular formula is C15H12FN3OS. The number of nitrogens with zero attached hydrogens (tertiary/aromatic N) is 2. The lowest BCUT2D eigenvalue weighted by Crippen LogP contribution is -2.27. The van der Waals surface area contributed by atoms with Crippen molar-refractivity contribution in [3.8, 4) is 0 Å². The van der Waals surface area contributed by atoms with Crippen LogP contribution in [0.15, 0.2) is 42.2 Å². The molecule has 0 aliphatic carbocycles. The van der Waals surface area contributed by atoms with Crippen LogP contribution in [-0.4, -0.2) is 15.9 Å². The molecule has 0 aliphatic heterocycles. The molecule has 3 aromatic rings. The lowest BCUT2D eigenvalue weighted by Gasteiger charge is -2.14. The van der Waals surface area contributed by atoms with Gasteiger partial charge in [-0.25, -0.2) is 9.37 Å². The Bertz CT molecular complexity index is 802. The Morgan fingerprint density at radius 1 is 1.38 bits per heavy atom. The largest absolute Gasteiger partial charge is 0.345 e. The number of carbonyl (C=O) groups is 1. The summed E-state index contributed by atoms with van der Waals surface area (Å²) in [5, 5.41) is 2.79. The molecule has 1 N–H and O–H groups in total. The number of fused-ring (bicyclic) bond motifs is 1. The number of aromatic nitrogens is 2. The molecule has 0 fully saturated rings. The smallest absolute Gasteiger partial charge is 0.251 e. The van der Waals surface area contributed by atoms with Crippen LogP contribution >= 0.6 is 11.3 Å². The van der Waals surface area contributed by atoms with Gasteiger partial charge in [0, 0.05) is 17.3 Å². The molecule has 0 saturated carbocycles. The Morgan fingerprint density at radius 3 is 3.05 bits per heavy atom. The normalized spacial score (nSPS) is 12.3. The molecular weight excluding hydrogens is 289 g/mol. The molecule has 2 aromatic heterocycles. The monoisotopic (exact) mass is 301 g/mol. The fraction of sp³-hybridized carbons (Fsp3) is 0.133. The summed E-state index contributed by atoms with van der Waals surface area (Å²) in [5.74, 6) is -0.669. The molecule has 0 spiro atoms. The van der Waals surface area contributed by atoms with Crippen molar-refractivity contribution in [1.82, 2.24) is 15.3 Å². The minimum Gasteiger partial charge on any atom is -0.345 e. The van der Waals surface area contributed by atoms with E-state index in [-0.39, 0.29) is 5.91 Å². The zero-order valence-corrected chi connectivity index (χ0v) is 12.0. The van der Waals surface area contributed by atoms with Crippen LogP contribution in [-0.2, 0) is 0 Å². The molecule has 0 radical (unpaired) electrons. The van der Waals surface area contributed by atoms with Crippen LogP contribution in [0.1, 0.15) is 28.9 Å². The van der Waals surface area contributed by atoms with E-state index >= 15 is 0 Å². The summed E-state index contributed by atoms with van der Waals surface area (Å²) in [6, 6.07) is 6.44. The standard InChI is InChI=1S/C15H12FN3OS/c1-9(11-4-5-17-7-12(11)16)19-15(20)10-2-3-13-14(6-10)21-8-18-13/h2-9H,1H3,(H,19,20). The Hall–Kier alpha value is -2.34. The number of amides is 1. The molecule has 106 valence electrons. The predicted octanol–water partition coefficient (Wildman–Crippen LogP) is 3.32. The summed E-state index contributed by atoms with van der Waals surface area (Å²) >= 11 is 1.48. The molecule has 0 saturated heterocycles. The van der Waals surface area contributed by atoms with Crippen LogP contribution in [0.5, 0.6) is 0 Å². The van der Waals surface area contributed by atoms with Crippen molar-refractivity contribution in [2.24, 2.45) is 0 Å². The zero-order valence-electron chi connectivity index (χ0n) is 11.2. The molecule has 0 aliphatic rings. The fourth-order valence-corrected chi connectivity index (χ4v) is 2.81. The Labute approximate surface area is 124 Å². The van der Waals surface area contributed by atoms with Crippen LogP contribution in [0.2, 0.25) is 0 Å². The summed E-state index contributed by atoms with van der Waals surface area (Å²) in [6.45, 7) is 1.74. The number of halogens is 1. The second-order valence-electron chi connectivity index (χ2n) is 4.63. The van der Waals surface area contributed by atoms with Gasteiger partial charge in [0.2, 0.25) is 0 Å². The van der Waals surface area contributed by atoms with E-state index in [1.165, 1.54) is 17.5 Å². The van der Waals surface area contributed by atoms with Crippen molar-refractivity contribution < 1.29 is 9.18 Å². The highest BCUT2D eigenvalue weighted by Gasteiger charge is 2.15. The van der Waals surface area contributed by atoms with Gasteiger partial charge in [-0.2, -0.15) is 0 Å². The number of carbonyl (C=O) groups excluding carboxylic acids is 1. The Balaban J connectivity index is 1.81. The second-order valence-corrected chi connectivity index (χ2v) is 5.51. The first-order chi connectivity index (χ1) is 10.1. The van der Waals surface area contributed by atoms with Gasteiger partial charge < -0.3 is 5.32 Å². The van der Waals surface area contributed by atoms with E-state index in [1.54, 1.807) is 36.7 Å². The van der Waals surface area contributed by atoms with Gasteiger partial charge in [-0.3, -0.25) is 9.78 Å². The third-order valence-corrected chi connectivity index (χ3v) is 4.00. The molecule has 1 aromatic carbocycles. The Morgan fingerprint density at radius 2 is 2.24 bits per heavy atom. The quantitative estimate of drug-likeness (QED) is 0.807. The van der Waals surface area contributed by atoms with Crippen LogP contribution in [0.4, 0.5) is 4.39 Å². The van der Waals surface area contributed by atoms with E-state index in [0.717, 1.165) is 16.4 Å². The highest BCUT2D eigenvalue weighted by Crippen LogP contribution is 2.20. The van der Waals surface area contributed by atoms with Crippen molar-refractivity contribution in [1.29, 1.82) is 0 Å². The minimum atomic E-state index is -0.433. The van der Waals surface area contributed by atoms with Gasteiger partial charge in [0.15, 0.2) is 0 Å². The SMILES string of the molecule is CC(NC(=O)c1ccc2ncsc2c1)c1ccncc1F. The van der Waals surface area contributed by atoms with Crippen LogP contribution in [0.3, 0.4) is 0 Å². The molecule has 1 unspecified atom stereocenters. The summed E-state index contributed by atoms with van der Waals surface area (Å²) in [4.78, 5) is 20.1. The molecule has 3 rings (SSSR count). The number of pyridine rings is 1. The average molecular weight is 301 g/mol. The summed E-state index contributed by atoms with van der Waals surface area (Å²) < 4.78 is 14.6. The van der Waals surface area contributed by atoms with E-state index in [2.05, 4.69) is 15.3 Å². The summed E-state index contributed by atoms with van der Waals surface area (Å²) in [6.07, 6.45) is 2.64. The maximum atomic E-state index is 13.6. The van der Waals surface area contributed by atoms with Crippen molar-refractivity contribution in [3.63, 3.8) is 0 Å². The van der Waals surface area contributed by atoms with Gasteiger partial charge in [0.05, 0.1) is 28.0 Å². The summed E-state index contributed by atoms with van der Waals surface area (Å²) in [7, 11) is 0. The minimum absolute atomic E-state index is 0.242. The van der Waals surface area contributed by atoms with Crippen LogP contribution in [0, 0.1) is 5.82 Å². The van der Waals surface area contributed by atoms with Gasteiger partial charge in [-0.15, -0.1) is 11.3 Å². The second kappa shape index (κ2) is 5.57. The van der Waals surface area contributed by atoms with E-state index < -0.39 is 11.9 Å². The zero-order chi connectivity index (χ0) is 14.8. The molecule has 4 nitrogen and oxygen atoms in total. The number of hydrogen-bond donors (Lipinski definition) is 1. The Kier molecular flexibility index (Phi) is 3.62. The third-order valence-electron chi connectivity index (χ3n) is 3.21. The van der Waals surface area contributed by atoms with Gasteiger partial charge in [-0.1, -0.05) is 0 Å².